The average Bonchev–Trinajstić information content (AvgIpc) is 2.98. The summed E-state index contributed by atoms with van der Waals surface area (Å²) < 4.78 is 1.49. The fourth-order valence-corrected chi connectivity index (χ4v) is 3.17. The molecule has 0 radical (unpaired) electrons. The van der Waals surface area contributed by atoms with Gasteiger partial charge in [0.2, 0.25) is 0 Å². The van der Waals surface area contributed by atoms with E-state index >= 15 is 0 Å². The number of amides is 1. The minimum atomic E-state index is -0.287. The zero-order valence-corrected chi connectivity index (χ0v) is 17.4. The lowest BCUT2D eigenvalue weighted by molar-refractivity contribution is 0.102. The number of nitrogens with one attached hydrogen (secondary N) is 1. The lowest BCUT2D eigenvalue weighted by atomic mass is 10.0. The Balaban J connectivity index is 1.82. The van der Waals surface area contributed by atoms with E-state index in [1.54, 1.807) is 20.2 Å². The van der Waals surface area contributed by atoms with Crippen molar-refractivity contribution < 1.29 is 9.63 Å². The van der Waals surface area contributed by atoms with Crippen molar-refractivity contribution in [3.8, 4) is 11.1 Å². The van der Waals surface area contributed by atoms with Gasteiger partial charge in [-0.05, 0) is 30.5 Å². The van der Waals surface area contributed by atoms with Gasteiger partial charge in [0.15, 0.2) is 0 Å². The Bertz CT molecular complexity index is 1030. The molecule has 0 unspecified atom stereocenters. The Morgan fingerprint density at radius 3 is 2.62 bits per heavy atom. The Kier molecular flexibility index (Phi) is 6.67. The van der Waals surface area contributed by atoms with Gasteiger partial charge in [0.1, 0.15) is 11.8 Å². The fraction of sp³-hybridized carbons (Fsp3) is 0.227. The van der Waals surface area contributed by atoms with Crippen molar-refractivity contribution in [2.45, 2.75) is 20.3 Å². The summed E-state index contributed by atoms with van der Waals surface area (Å²) in [4.78, 5) is 17.9. The first-order valence-electron chi connectivity index (χ1n) is 9.36. The number of halogens is 1. The molecule has 3 aromatic rings. The van der Waals surface area contributed by atoms with Crippen LogP contribution in [0, 0.1) is 6.92 Å². The maximum atomic E-state index is 12.8. The summed E-state index contributed by atoms with van der Waals surface area (Å²) in [6, 6.07) is 15.5. The standard InChI is InChI=1S/C22H23ClN4O2/c1-4-13-29-24-14-16-9-11-17(12-10-16)18-7-5-6-8-19(18)25-22(28)20-15(2)26-27(3)21(20)23/h5-12,14H,4,13H2,1-3H3,(H,25,28). The average molecular weight is 411 g/mol. The minimum Gasteiger partial charge on any atom is -0.396 e. The van der Waals surface area contributed by atoms with E-state index in [2.05, 4.69) is 15.6 Å². The summed E-state index contributed by atoms with van der Waals surface area (Å²) in [6.45, 7) is 4.39. The quantitative estimate of drug-likeness (QED) is 0.336. The molecule has 0 bridgehead atoms. The molecule has 2 aromatic carbocycles. The van der Waals surface area contributed by atoms with Gasteiger partial charge in [-0.3, -0.25) is 9.48 Å². The third-order valence-electron chi connectivity index (χ3n) is 4.35. The Labute approximate surface area is 175 Å². The van der Waals surface area contributed by atoms with Gasteiger partial charge < -0.3 is 10.2 Å². The zero-order valence-electron chi connectivity index (χ0n) is 16.6. The van der Waals surface area contributed by atoms with Crippen molar-refractivity contribution in [3.63, 3.8) is 0 Å². The molecule has 1 N–H and O–H groups in total. The van der Waals surface area contributed by atoms with E-state index in [9.17, 15) is 4.79 Å². The molecule has 0 aliphatic carbocycles. The molecule has 0 atom stereocenters. The number of benzene rings is 2. The van der Waals surface area contributed by atoms with Gasteiger partial charge in [0.25, 0.3) is 5.91 Å². The van der Waals surface area contributed by atoms with Crippen LogP contribution < -0.4 is 5.32 Å². The maximum absolute atomic E-state index is 12.8. The van der Waals surface area contributed by atoms with Gasteiger partial charge in [-0.25, -0.2) is 0 Å². The first-order valence-corrected chi connectivity index (χ1v) is 9.74. The second kappa shape index (κ2) is 9.39. The molecule has 0 spiro atoms. The van der Waals surface area contributed by atoms with Crippen LogP contribution in [0.25, 0.3) is 11.1 Å². The second-order valence-corrected chi connectivity index (χ2v) is 6.92. The number of hydrogen-bond donors (Lipinski definition) is 1. The molecule has 0 saturated carbocycles. The molecule has 1 heterocycles. The Hall–Kier alpha value is -3.12. The lowest BCUT2D eigenvalue weighted by Gasteiger charge is -2.11. The van der Waals surface area contributed by atoms with Crippen molar-refractivity contribution in [3.05, 3.63) is 70.5 Å². The maximum Gasteiger partial charge on any atom is 0.260 e. The highest BCUT2D eigenvalue weighted by Gasteiger charge is 2.20. The highest BCUT2D eigenvalue weighted by molar-refractivity contribution is 6.33. The number of anilines is 1. The molecule has 0 aliphatic rings. The molecule has 6 nitrogen and oxygen atoms in total. The van der Waals surface area contributed by atoms with Crippen LogP contribution in [0.15, 0.2) is 53.7 Å². The number of aryl methyl sites for hydroxylation is 2. The van der Waals surface area contributed by atoms with E-state index in [4.69, 9.17) is 16.4 Å². The third-order valence-corrected chi connectivity index (χ3v) is 4.78. The van der Waals surface area contributed by atoms with E-state index in [1.165, 1.54) is 4.68 Å². The van der Waals surface area contributed by atoms with Crippen molar-refractivity contribution in [2.75, 3.05) is 11.9 Å². The Morgan fingerprint density at radius 2 is 1.97 bits per heavy atom. The second-order valence-electron chi connectivity index (χ2n) is 6.56. The summed E-state index contributed by atoms with van der Waals surface area (Å²) >= 11 is 6.23. The fourth-order valence-electron chi connectivity index (χ4n) is 2.91. The van der Waals surface area contributed by atoms with Gasteiger partial charge in [-0.15, -0.1) is 0 Å². The van der Waals surface area contributed by atoms with E-state index in [-0.39, 0.29) is 5.91 Å². The van der Waals surface area contributed by atoms with Crippen LogP contribution in [0.3, 0.4) is 0 Å². The van der Waals surface area contributed by atoms with Crippen molar-refractivity contribution in [2.24, 2.45) is 12.2 Å². The molecule has 150 valence electrons. The van der Waals surface area contributed by atoms with Gasteiger partial charge in [-0.1, -0.05) is 66.1 Å². The minimum absolute atomic E-state index is 0.287. The Morgan fingerprint density at radius 1 is 1.24 bits per heavy atom. The number of rotatable bonds is 7. The van der Waals surface area contributed by atoms with Gasteiger partial charge in [0, 0.05) is 18.3 Å². The smallest absolute Gasteiger partial charge is 0.260 e. The van der Waals surface area contributed by atoms with Crippen LogP contribution in [-0.4, -0.2) is 28.5 Å². The first kappa shape index (κ1) is 20.6. The largest absolute Gasteiger partial charge is 0.396 e. The monoisotopic (exact) mass is 410 g/mol. The molecule has 0 fully saturated rings. The van der Waals surface area contributed by atoms with Gasteiger partial charge in [0.05, 0.1) is 17.5 Å². The molecule has 0 saturated heterocycles. The molecule has 7 heteroatoms. The third kappa shape index (κ3) is 4.84. The SMILES string of the molecule is CCCON=Cc1ccc(-c2ccccc2NC(=O)c2c(C)nn(C)c2Cl)cc1. The predicted octanol–water partition coefficient (Wildman–Crippen LogP) is 5.06. The molecule has 3 rings (SSSR count). The lowest BCUT2D eigenvalue weighted by Crippen LogP contribution is -2.13. The van der Waals surface area contributed by atoms with Crippen molar-refractivity contribution in [1.82, 2.24) is 9.78 Å². The number of carbonyl (C=O) groups is 1. The van der Waals surface area contributed by atoms with Crippen LogP contribution in [0.4, 0.5) is 5.69 Å². The molecule has 1 amide bonds. The number of para-hydroxylation sites is 1. The zero-order chi connectivity index (χ0) is 20.8. The highest BCUT2D eigenvalue weighted by atomic mass is 35.5. The highest BCUT2D eigenvalue weighted by Crippen LogP contribution is 2.29. The first-order chi connectivity index (χ1) is 14.0. The van der Waals surface area contributed by atoms with Crippen LogP contribution in [0.2, 0.25) is 5.15 Å². The number of carbonyl (C=O) groups excluding carboxylic acids is 1. The molecular formula is C22H23ClN4O2. The number of hydrogen-bond acceptors (Lipinski definition) is 4. The van der Waals surface area contributed by atoms with E-state index < -0.39 is 0 Å². The van der Waals surface area contributed by atoms with Crippen molar-refractivity contribution in [1.29, 1.82) is 0 Å². The summed E-state index contributed by atoms with van der Waals surface area (Å²) in [5.74, 6) is -0.287. The summed E-state index contributed by atoms with van der Waals surface area (Å²) in [5.41, 5.74) is 4.48. The molecular weight excluding hydrogens is 388 g/mol. The normalized spacial score (nSPS) is 11.0. The number of nitrogens with zero attached hydrogens (tertiary/aromatic N) is 3. The van der Waals surface area contributed by atoms with E-state index in [0.29, 0.717) is 28.7 Å². The van der Waals surface area contributed by atoms with Crippen LogP contribution >= 0.6 is 11.6 Å². The predicted molar refractivity (Wildman–Crippen MR) is 117 cm³/mol. The van der Waals surface area contributed by atoms with Crippen molar-refractivity contribution >= 4 is 29.4 Å². The summed E-state index contributed by atoms with van der Waals surface area (Å²) in [5, 5.41) is 11.4. The number of oxime groups is 1. The summed E-state index contributed by atoms with van der Waals surface area (Å²) in [7, 11) is 1.71. The van der Waals surface area contributed by atoms with E-state index in [1.807, 2.05) is 55.5 Å². The van der Waals surface area contributed by atoms with Crippen LogP contribution in [0.1, 0.15) is 35.0 Å². The summed E-state index contributed by atoms with van der Waals surface area (Å²) in [6.07, 6.45) is 2.60. The molecule has 0 aliphatic heterocycles. The molecule has 29 heavy (non-hydrogen) atoms. The van der Waals surface area contributed by atoms with Gasteiger partial charge >= 0.3 is 0 Å². The van der Waals surface area contributed by atoms with E-state index in [0.717, 1.165) is 23.1 Å². The topological polar surface area (TPSA) is 68.5 Å². The van der Waals surface area contributed by atoms with Crippen LogP contribution in [0.5, 0.6) is 0 Å². The molecule has 1 aromatic heterocycles. The number of aromatic nitrogens is 2. The van der Waals surface area contributed by atoms with Crippen LogP contribution in [-0.2, 0) is 11.9 Å². The van der Waals surface area contributed by atoms with Gasteiger partial charge in [-0.2, -0.15) is 5.10 Å².